The molecule has 2 saturated heterocycles. The number of piperidine rings is 1. The number of rotatable bonds is 8. The summed E-state index contributed by atoms with van der Waals surface area (Å²) in [7, 11) is 1.74. The van der Waals surface area contributed by atoms with Crippen LogP contribution in [0.1, 0.15) is 88.3 Å². The number of aromatic nitrogens is 2. The summed E-state index contributed by atoms with van der Waals surface area (Å²) in [6.45, 7) is 3.73. The van der Waals surface area contributed by atoms with Crippen LogP contribution in [-0.2, 0) is 19.7 Å². The Labute approximate surface area is 179 Å². The Kier molecular flexibility index (Phi) is 7.41. The molecule has 7 nitrogen and oxygen atoms in total. The summed E-state index contributed by atoms with van der Waals surface area (Å²) in [6, 6.07) is 0. The Morgan fingerprint density at radius 2 is 1.90 bits per heavy atom. The van der Waals surface area contributed by atoms with Crippen molar-refractivity contribution in [3.8, 4) is 0 Å². The molecule has 1 saturated carbocycles. The highest BCUT2D eigenvalue weighted by atomic mass is 16.5. The number of hydrogen-bond donors (Lipinski definition) is 0. The lowest BCUT2D eigenvalue weighted by molar-refractivity contribution is -0.133. The van der Waals surface area contributed by atoms with Crippen molar-refractivity contribution < 1.29 is 18.8 Å². The molecule has 0 aromatic carbocycles. The van der Waals surface area contributed by atoms with Crippen molar-refractivity contribution in [2.75, 3.05) is 40.0 Å². The van der Waals surface area contributed by atoms with E-state index in [4.69, 9.17) is 19.0 Å². The number of carbonyl (C=O) groups excluding carboxylic acids is 1. The van der Waals surface area contributed by atoms with Gasteiger partial charge in [0.05, 0.1) is 0 Å². The van der Waals surface area contributed by atoms with E-state index in [1.807, 2.05) is 0 Å². The summed E-state index contributed by atoms with van der Waals surface area (Å²) in [6.07, 6.45) is 11.5. The molecule has 1 aromatic rings. The fraction of sp³-hybridized carbons (Fsp3) is 0.870. The van der Waals surface area contributed by atoms with Gasteiger partial charge in [0.15, 0.2) is 5.82 Å². The average molecular weight is 420 g/mol. The molecule has 0 atom stereocenters. The van der Waals surface area contributed by atoms with Gasteiger partial charge in [0.2, 0.25) is 11.8 Å². The lowest BCUT2D eigenvalue weighted by Crippen LogP contribution is -2.46. The molecule has 168 valence electrons. The molecule has 0 unspecified atom stereocenters. The molecule has 7 heteroatoms. The maximum atomic E-state index is 12.8. The molecule has 1 aromatic heterocycles. The zero-order chi connectivity index (χ0) is 20.8. The van der Waals surface area contributed by atoms with Gasteiger partial charge in [-0.3, -0.25) is 4.79 Å². The Morgan fingerprint density at radius 3 is 2.60 bits per heavy atom. The summed E-state index contributed by atoms with van der Waals surface area (Å²) in [4.78, 5) is 19.7. The van der Waals surface area contributed by atoms with E-state index < -0.39 is 0 Å². The molecule has 30 heavy (non-hydrogen) atoms. The van der Waals surface area contributed by atoms with Crippen molar-refractivity contribution in [3.05, 3.63) is 11.7 Å². The third kappa shape index (κ3) is 5.05. The predicted octanol–water partition coefficient (Wildman–Crippen LogP) is 3.83. The van der Waals surface area contributed by atoms with E-state index in [1.165, 1.54) is 25.7 Å². The lowest BCUT2D eigenvalue weighted by atomic mass is 9.75. The van der Waals surface area contributed by atoms with Crippen molar-refractivity contribution in [2.24, 2.45) is 5.92 Å². The first-order valence-corrected chi connectivity index (χ1v) is 11.9. The predicted molar refractivity (Wildman–Crippen MR) is 112 cm³/mol. The summed E-state index contributed by atoms with van der Waals surface area (Å²) in [5.41, 5.74) is -0.162. The van der Waals surface area contributed by atoms with E-state index in [9.17, 15) is 4.79 Å². The molecule has 2 aliphatic heterocycles. The fourth-order valence-corrected chi connectivity index (χ4v) is 5.41. The van der Waals surface area contributed by atoms with E-state index in [1.54, 1.807) is 7.11 Å². The first-order chi connectivity index (χ1) is 14.7. The van der Waals surface area contributed by atoms with Crippen molar-refractivity contribution in [2.45, 2.75) is 82.0 Å². The molecular formula is C23H37N3O4. The second-order valence-electron chi connectivity index (χ2n) is 9.44. The summed E-state index contributed by atoms with van der Waals surface area (Å²) < 4.78 is 16.6. The van der Waals surface area contributed by atoms with Gasteiger partial charge in [0, 0.05) is 57.8 Å². The molecular weight excluding hydrogens is 382 g/mol. The Balaban J connectivity index is 1.37. The molecule has 0 bridgehead atoms. The molecule has 3 aliphatic rings. The monoisotopic (exact) mass is 419 g/mol. The van der Waals surface area contributed by atoms with Gasteiger partial charge in [-0.05, 0) is 44.4 Å². The average Bonchev–Trinajstić information content (AvgIpc) is 3.50. The third-order valence-electron chi connectivity index (χ3n) is 7.59. The van der Waals surface area contributed by atoms with Crippen LogP contribution in [0.5, 0.6) is 0 Å². The van der Waals surface area contributed by atoms with Crippen LogP contribution in [0.3, 0.4) is 0 Å². The van der Waals surface area contributed by atoms with E-state index in [0.717, 1.165) is 82.5 Å². The van der Waals surface area contributed by atoms with E-state index in [0.29, 0.717) is 24.9 Å². The number of nitrogens with zero attached hydrogens (tertiary/aromatic N) is 3. The highest BCUT2D eigenvalue weighted by Crippen LogP contribution is 2.39. The van der Waals surface area contributed by atoms with Crippen LogP contribution in [-0.4, -0.2) is 61.0 Å². The van der Waals surface area contributed by atoms with Crippen LogP contribution in [0.15, 0.2) is 4.52 Å². The topological polar surface area (TPSA) is 77.7 Å². The van der Waals surface area contributed by atoms with Crippen molar-refractivity contribution in [1.82, 2.24) is 15.0 Å². The molecule has 0 N–H and O–H groups in total. The van der Waals surface area contributed by atoms with Crippen molar-refractivity contribution >= 4 is 5.91 Å². The molecule has 3 fully saturated rings. The van der Waals surface area contributed by atoms with Gasteiger partial charge in [-0.25, -0.2) is 0 Å². The van der Waals surface area contributed by atoms with Gasteiger partial charge in [0.1, 0.15) is 0 Å². The van der Waals surface area contributed by atoms with Crippen LogP contribution in [0.2, 0.25) is 0 Å². The smallest absolute Gasteiger partial charge is 0.229 e. The largest absolute Gasteiger partial charge is 0.385 e. The number of likely N-dealkylation sites (tertiary alicyclic amines) is 1. The van der Waals surface area contributed by atoms with Gasteiger partial charge in [-0.15, -0.1) is 0 Å². The van der Waals surface area contributed by atoms with Gasteiger partial charge in [0.25, 0.3) is 0 Å². The van der Waals surface area contributed by atoms with Crippen molar-refractivity contribution in [3.63, 3.8) is 0 Å². The SMILES string of the molecule is COCCC1(c2noc(C3CCOCC3)n2)CCN(C(=O)CCC2CCCC2)CC1. The Bertz CT molecular complexity index is 672. The maximum absolute atomic E-state index is 12.8. The summed E-state index contributed by atoms with van der Waals surface area (Å²) >= 11 is 0. The Hall–Kier alpha value is -1.47. The zero-order valence-electron chi connectivity index (χ0n) is 18.4. The normalized spacial score (nSPS) is 23.2. The molecule has 0 radical (unpaired) electrons. The first-order valence-electron chi connectivity index (χ1n) is 11.9. The molecule has 4 rings (SSSR count). The maximum Gasteiger partial charge on any atom is 0.229 e. The molecule has 3 heterocycles. The minimum atomic E-state index is -0.162. The highest BCUT2D eigenvalue weighted by molar-refractivity contribution is 5.76. The van der Waals surface area contributed by atoms with Crippen LogP contribution < -0.4 is 0 Å². The summed E-state index contributed by atoms with van der Waals surface area (Å²) in [5.74, 6) is 2.94. The van der Waals surface area contributed by atoms with Crippen LogP contribution >= 0.6 is 0 Å². The number of hydrogen-bond acceptors (Lipinski definition) is 6. The second-order valence-corrected chi connectivity index (χ2v) is 9.44. The van der Waals surface area contributed by atoms with E-state index in [-0.39, 0.29) is 5.41 Å². The van der Waals surface area contributed by atoms with Crippen LogP contribution in [0.4, 0.5) is 0 Å². The standard InChI is InChI=1S/C23H37N3O4/c1-28-17-12-23(22-24-21(30-25-22)19-8-15-29-16-9-19)10-13-26(14-11-23)20(27)7-6-18-4-2-3-5-18/h18-19H,2-17H2,1H3. The third-order valence-corrected chi connectivity index (χ3v) is 7.59. The van der Waals surface area contributed by atoms with E-state index in [2.05, 4.69) is 10.1 Å². The van der Waals surface area contributed by atoms with Crippen LogP contribution in [0.25, 0.3) is 0 Å². The fourth-order valence-electron chi connectivity index (χ4n) is 5.41. The number of amides is 1. The first kappa shape index (κ1) is 21.8. The number of carbonyl (C=O) groups is 1. The summed E-state index contributed by atoms with van der Waals surface area (Å²) in [5, 5.41) is 4.41. The minimum absolute atomic E-state index is 0.162. The van der Waals surface area contributed by atoms with E-state index >= 15 is 0 Å². The number of methoxy groups -OCH3 is 1. The van der Waals surface area contributed by atoms with Gasteiger partial charge in [-0.2, -0.15) is 4.98 Å². The second kappa shape index (κ2) is 10.2. The van der Waals surface area contributed by atoms with Gasteiger partial charge < -0.3 is 18.9 Å². The van der Waals surface area contributed by atoms with Gasteiger partial charge >= 0.3 is 0 Å². The van der Waals surface area contributed by atoms with Crippen molar-refractivity contribution in [1.29, 1.82) is 0 Å². The Morgan fingerprint density at radius 1 is 1.17 bits per heavy atom. The van der Waals surface area contributed by atoms with Gasteiger partial charge in [-0.1, -0.05) is 30.8 Å². The highest BCUT2D eigenvalue weighted by Gasteiger charge is 2.41. The lowest BCUT2D eigenvalue weighted by Gasteiger charge is -2.40. The molecule has 0 spiro atoms. The quantitative estimate of drug-likeness (QED) is 0.637. The minimum Gasteiger partial charge on any atom is -0.385 e. The zero-order valence-corrected chi connectivity index (χ0v) is 18.4. The molecule has 1 aliphatic carbocycles. The number of ether oxygens (including phenoxy) is 2. The molecule has 1 amide bonds. The van der Waals surface area contributed by atoms with Crippen LogP contribution in [0, 0.1) is 5.92 Å².